The van der Waals surface area contributed by atoms with Gasteiger partial charge >= 0.3 is 0 Å². The topological polar surface area (TPSA) is 26.0 Å². The van der Waals surface area contributed by atoms with Gasteiger partial charge in [-0.15, -0.1) is 11.8 Å². The zero-order valence-electron chi connectivity index (χ0n) is 9.31. The van der Waals surface area contributed by atoms with E-state index >= 15 is 0 Å². The number of rotatable bonds is 3. The van der Waals surface area contributed by atoms with E-state index < -0.39 is 0 Å². The number of hydrogen-bond donors (Lipinski definition) is 1. The average molecular weight is 229 g/mol. The molecule has 2 rings (SSSR count). The maximum atomic E-state index is 5.74. The third-order valence-electron chi connectivity index (χ3n) is 2.51. The summed E-state index contributed by atoms with van der Waals surface area (Å²) in [5.41, 5.74) is 9.30. The number of nitrogen functional groups attached to an aromatic ring is 1. The Morgan fingerprint density at radius 2 is 1.88 bits per heavy atom. The minimum atomic E-state index is 0.829. The molecule has 0 saturated carbocycles. The highest BCUT2D eigenvalue weighted by Gasteiger charge is 1.99. The van der Waals surface area contributed by atoms with E-state index in [-0.39, 0.29) is 0 Å². The summed E-state index contributed by atoms with van der Waals surface area (Å²) >= 11 is 1.82. The molecule has 0 spiro atoms. The van der Waals surface area contributed by atoms with Crippen LogP contribution < -0.4 is 5.73 Å². The maximum absolute atomic E-state index is 5.74. The van der Waals surface area contributed by atoms with Crippen molar-refractivity contribution in [3.63, 3.8) is 0 Å². The Bertz CT molecular complexity index is 480. The van der Waals surface area contributed by atoms with Crippen LogP contribution in [0.3, 0.4) is 0 Å². The Morgan fingerprint density at radius 1 is 1.06 bits per heavy atom. The standard InChI is InChI=1S/C14H15NS/c1-11-5-2-3-6-12(11)10-16-14-8-4-7-13(15)9-14/h2-9H,10,15H2,1H3. The Kier molecular flexibility index (Phi) is 3.52. The van der Waals surface area contributed by atoms with Crippen molar-refractivity contribution in [2.45, 2.75) is 17.6 Å². The quantitative estimate of drug-likeness (QED) is 0.638. The monoisotopic (exact) mass is 229 g/mol. The van der Waals surface area contributed by atoms with Crippen LogP contribution in [0.4, 0.5) is 5.69 Å². The van der Waals surface area contributed by atoms with Gasteiger partial charge in [0.05, 0.1) is 0 Å². The van der Waals surface area contributed by atoms with Gasteiger partial charge in [-0.2, -0.15) is 0 Å². The summed E-state index contributed by atoms with van der Waals surface area (Å²) in [6.07, 6.45) is 0. The first kappa shape index (κ1) is 11.1. The van der Waals surface area contributed by atoms with Gasteiger partial charge in [-0.25, -0.2) is 0 Å². The van der Waals surface area contributed by atoms with Crippen molar-refractivity contribution in [1.29, 1.82) is 0 Å². The van der Waals surface area contributed by atoms with Gasteiger partial charge in [0.15, 0.2) is 0 Å². The van der Waals surface area contributed by atoms with E-state index in [9.17, 15) is 0 Å². The minimum absolute atomic E-state index is 0.829. The molecular formula is C14H15NS. The summed E-state index contributed by atoms with van der Waals surface area (Å²) in [7, 11) is 0. The van der Waals surface area contributed by atoms with Crippen LogP contribution in [0.15, 0.2) is 53.4 Å². The lowest BCUT2D eigenvalue weighted by Gasteiger charge is -2.05. The second-order valence-electron chi connectivity index (χ2n) is 3.79. The number of nitrogens with two attached hydrogens (primary N) is 1. The second kappa shape index (κ2) is 5.08. The number of hydrogen-bond acceptors (Lipinski definition) is 2. The van der Waals surface area contributed by atoms with Gasteiger partial charge < -0.3 is 5.73 Å². The summed E-state index contributed by atoms with van der Waals surface area (Å²) in [5, 5.41) is 0. The summed E-state index contributed by atoms with van der Waals surface area (Å²) in [5.74, 6) is 0.996. The number of thioether (sulfide) groups is 1. The Morgan fingerprint density at radius 3 is 2.62 bits per heavy atom. The van der Waals surface area contributed by atoms with Crippen LogP contribution in [0.25, 0.3) is 0 Å². The van der Waals surface area contributed by atoms with Gasteiger partial charge in [0.1, 0.15) is 0 Å². The zero-order valence-corrected chi connectivity index (χ0v) is 10.1. The molecule has 2 N–H and O–H groups in total. The van der Waals surface area contributed by atoms with Gasteiger partial charge in [-0.1, -0.05) is 30.3 Å². The molecule has 0 unspecified atom stereocenters. The van der Waals surface area contributed by atoms with E-state index in [0.717, 1.165) is 11.4 Å². The van der Waals surface area contributed by atoms with Crippen molar-refractivity contribution in [3.05, 3.63) is 59.7 Å². The average Bonchev–Trinajstić information content (AvgIpc) is 2.28. The molecule has 2 heteroatoms. The summed E-state index contributed by atoms with van der Waals surface area (Å²) < 4.78 is 0. The van der Waals surface area contributed by atoms with E-state index in [0.29, 0.717) is 0 Å². The molecule has 16 heavy (non-hydrogen) atoms. The minimum Gasteiger partial charge on any atom is -0.399 e. The zero-order chi connectivity index (χ0) is 11.4. The first-order valence-electron chi connectivity index (χ1n) is 5.28. The molecule has 2 aromatic carbocycles. The van der Waals surface area contributed by atoms with Crippen LogP contribution >= 0.6 is 11.8 Å². The van der Waals surface area contributed by atoms with E-state index in [1.165, 1.54) is 16.0 Å². The van der Waals surface area contributed by atoms with Crippen molar-refractivity contribution >= 4 is 17.4 Å². The van der Waals surface area contributed by atoms with Gasteiger partial charge in [-0.3, -0.25) is 0 Å². The normalized spacial score (nSPS) is 10.3. The number of aryl methyl sites for hydroxylation is 1. The van der Waals surface area contributed by atoms with Crippen LogP contribution in [-0.4, -0.2) is 0 Å². The number of benzene rings is 2. The predicted octanol–water partition coefficient (Wildman–Crippen LogP) is 3.87. The fraction of sp³-hybridized carbons (Fsp3) is 0.143. The molecular weight excluding hydrogens is 214 g/mol. The molecule has 0 heterocycles. The maximum Gasteiger partial charge on any atom is 0.0325 e. The van der Waals surface area contributed by atoms with Crippen molar-refractivity contribution in [2.24, 2.45) is 0 Å². The molecule has 0 fully saturated rings. The third kappa shape index (κ3) is 2.80. The van der Waals surface area contributed by atoms with E-state index in [4.69, 9.17) is 5.73 Å². The van der Waals surface area contributed by atoms with Crippen LogP contribution in [0, 0.1) is 6.92 Å². The largest absolute Gasteiger partial charge is 0.399 e. The molecule has 0 saturated heterocycles. The second-order valence-corrected chi connectivity index (χ2v) is 4.84. The highest BCUT2D eigenvalue weighted by Crippen LogP contribution is 2.25. The van der Waals surface area contributed by atoms with Gasteiger partial charge in [0, 0.05) is 16.3 Å². The lowest BCUT2D eigenvalue weighted by molar-refractivity contribution is 1.30. The van der Waals surface area contributed by atoms with E-state index in [2.05, 4.69) is 37.3 Å². The van der Waals surface area contributed by atoms with Crippen molar-refractivity contribution in [2.75, 3.05) is 5.73 Å². The Labute approximate surface area is 101 Å². The summed E-state index contributed by atoms with van der Waals surface area (Å²) in [6.45, 7) is 2.15. The lowest BCUT2D eigenvalue weighted by Crippen LogP contribution is -1.87. The highest BCUT2D eigenvalue weighted by molar-refractivity contribution is 7.98. The molecule has 0 aromatic heterocycles. The Balaban J connectivity index is 2.05. The summed E-state index contributed by atoms with van der Waals surface area (Å²) in [4.78, 5) is 1.23. The fourth-order valence-corrected chi connectivity index (χ4v) is 2.58. The summed E-state index contributed by atoms with van der Waals surface area (Å²) in [6, 6.07) is 16.5. The molecule has 2 aromatic rings. The molecule has 0 bridgehead atoms. The molecule has 0 atom stereocenters. The van der Waals surface area contributed by atoms with Crippen LogP contribution in [-0.2, 0) is 5.75 Å². The number of anilines is 1. The fourth-order valence-electron chi connectivity index (χ4n) is 1.54. The first-order chi connectivity index (χ1) is 7.75. The van der Waals surface area contributed by atoms with Gasteiger partial charge in [-0.05, 0) is 36.2 Å². The van der Waals surface area contributed by atoms with Crippen molar-refractivity contribution < 1.29 is 0 Å². The van der Waals surface area contributed by atoms with Gasteiger partial charge in [0.25, 0.3) is 0 Å². The van der Waals surface area contributed by atoms with Crippen molar-refractivity contribution in [3.8, 4) is 0 Å². The SMILES string of the molecule is Cc1ccccc1CSc1cccc(N)c1. The van der Waals surface area contributed by atoms with E-state index in [1.807, 2.05) is 30.0 Å². The third-order valence-corrected chi connectivity index (χ3v) is 3.56. The van der Waals surface area contributed by atoms with E-state index in [1.54, 1.807) is 0 Å². The molecule has 0 aliphatic rings. The van der Waals surface area contributed by atoms with Crippen LogP contribution in [0.5, 0.6) is 0 Å². The lowest BCUT2D eigenvalue weighted by atomic mass is 10.1. The molecule has 0 aliphatic heterocycles. The smallest absolute Gasteiger partial charge is 0.0325 e. The molecule has 0 radical (unpaired) electrons. The molecule has 1 nitrogen and oxygen atoms in total. The predicted molar refractivity (Wildman–Crippen MR) is 71.6 cm³/mol. The molecule has 82 valence electrons. The van der Waals surface area contributed by atoms with Crippen molar-refractivity contribution in [1.82, 2.24) is 0 Å². The van der Waals surface area contributed by atoms with Crippen LogP contribution in [0.2, 0.25) is 0 Å². The van der Waals surface area contributed by atoms with Crippen LogP contribution in [0.1, 0.15) is 11.1 Å². The highest BCUT2D eigenvalue weighted by atomic mass is 32.2. The van der Waals surface area contributed by atoms with Gasteiger partial charge in [0.2, 0.25) is 0 Å². The Hall–Kier alpha value is -1.41. The molecule has 0 aliphatic carbocycles. The first-order valence-corrected chi connectivity index (χ1v) is 6.27. The molecule has 0 amide bonds.